The summed E-state index contributed by atoms with van der Waals surface area (Å²) < 4.78 is 12.3. The molecule has 0 saturated heterocycles. The van der Waals surface area contributed by atoms with Crippen LogP contribution in [0.3, 0.4) is 0 Å². The summed E-state index contributed by atoms with van der Waals surface area (Å²) in [6, 6.07) is 5.51. The van der Waals surface area contributed by atoms with Gasteiger partial charge in [-0.1, -0.05) is 6.07 Å². The highest BCUT2D eigenvalue weighted by Crippen LogP contribution is 2.37. The fraction of sp³-hybridized carbons (Fsp3) is 0.462. The zero-order chi connectivity index (χ0) is 12.6. The lowest BCUT2D eigenvalue weighted by Gasteiger charge is -2.12. The molecule has 1 aliphatic rings. The van der Waals surface area contributed by atoms with E-state index in [1.807, 2.05) is 26.0 Å². The summed E-state index contributed by atoms with van der Waals surface area (Å²) in [5.41, 5.74) is 2.18. The van der Waals surface area contributed by atoms with Crippen LogP contribution in [0.15, 0.2) is 23.1 Å². The summed E-state index contributed by atoms with van der Waals surface area (Å²) in [4.78, 5) is 11.8. The van der Waals surface area contributed by atoms with Gasteiger partial charge in [0.25, 0.3) is 0 Å². The Hall–Kier alpha value is -1.16. The summed E-state index contributed by atoms with van der Waals surface area (Å²) in [5.74, 6) is -0.848. The van der Waals surface area contributed by atoms with Crippen molar-refractivity contribution in [2.45, 2.75) is 36.8 Å². The second kappa shape index (κ2) is 4.61. The predicted octanol–water partition coefficient (Wildman–Crippen LogP) is 2.27. The lowest BCUT2D eigenvalue weighted by atomic mass is 10.1. The van der Waals surface area contributed by atoms with Crippen LogP contribution < -0.4 is 0 Å². The first kappa shape index (κ1) is 12.3. The van der Waals surface area contributed by atoms with Crippen LogP contribution in [0.5, 0.6) is 0 Å². The van der Waals surface area contributed by atoms with Crippen molar-refractivity contribution in [2.75, 3.05) is 0 Å². The van der Waals surface area contributed by atoms with Crippen molar-refractivity contribution in [1.82, 2.24) is 0 Å². The van der Waals surface area contributed by atoms with E-state index in [2.05, 4.69) is 0 Å². The van der Waals surface area contributed by atoms with Gasteiger partial charge in [0.1, 0.15) is 5.25 Å². The number of carboxylic acids is 1. The number of aliphatic carboxylic acids is 1. The van der Waals surface area contributed by atoms with Gasteiger partial charge in [0.05, 0.1) is 10.8 Å². The zero-order valence-electron chi connectivity index (χ0n) is 9.97. The molecule has 1 aliphatic carbocycles. The van der Waals surface area contributed by atoms with Crippen LogP contribution in [0.2, 0.25) is 0 Å². The number of aryl methyl sites for hydroxylation is 2. The first-order valence-corrected chi connectivity index (χ1v) is 6.92. The molecule has 2 unspecified atom stereocenters. The molecular formula is C13H16O3S. The van der Waals surface area contributed by atoms with Crippen molar-refractivity contribution >= 4 is 16.8 Å². The van der Waals surface area contributed by atoms with E-state index >= 15 is 0 Å². The topological polar surface area (TPSA) is 54.4 Å². The summed E-state index contributed by atoms with van der Waals surface area (Å²) in [5, 5.41) is 8.41. The molecule has 1 saturated carbocycles. The lowest BCUT2D eigenvalue weighted by molar-refractivity contribution is -0.136. The van der Waals surface area contributed by atoms with Crippen molar-refractivity contribution in [1.29, 1.82) is 0 Å². The smallest absolute Gasteiger partial charge is 0.319 e. The SMILES string of the molecule is Cc1ccc(S(=O)C(C(=O)O)C2CC2)cc1C. The van der Waals surface area contributed by atoms with Crippen LogP contribution in [0, 0.1) is 19.8 Å². The van der Waals surface area contributed by atoms with Gasteiger partial charge in [-0.15, -0.1) is 0 Å². The van der Waals surface area contributed by atoms with Gasteiger partial charge in [-0.3, -0.25) is 9.00 Å². The molecule has 92 valence electrons. The predicted molar refractivity (Wildman–Crippen MR) is 66.5 cm³/mol. The van der Waals surface area contributed by atoms with Crippen molar-refractivity contribution in [2.24, 2.45) is 5.92 Å². The fourth-order valence-corrected chi connectivity index (χ4v) is 3.45. The molecule has 1 fully saturated rings. The van der Waals surface area contributed by atoms with Crippen LogP contribution in [0.4, 0.5) is 0 Å². The van der Waals surface area contributed by atoms with Gasteiger partial charge in [0.2, 0.25) is 0 Å². The Morgan fingerprint density at radius 2 is 2.00 bits per heavy atom. The summed E-state index contributed by atoms with van der Waals surface area (Å²) in [6.07, 6.45) is 1.76. The summed E-state index contributed by atoms with van der Waals surface area (Å²) in [6.45, 7) is 3.93. The quantitative estimate of drug-likeness (QED) is 0.894. The third-order valence-electron chi connectivity index (χ3n) is 3.23. The van der Waals surface area contributed by atoms with Gasteiger partial charge in [-0.05, 0) is 55.9 Å². The Balaban J connectivity index is 2.28. The standard InChI is InChI=1S/C13H16O3S/c1-8-3-6-11(7-9(8)2)17(16)12(13(14)15)10-4-5-10/h3,6-7,10,12H,4-5H2,1-2H3,(H,14,15). The van der Waals surface area contributed by atoms with Gasteiger partial charge < -0.3 is 5.11 Å². The molecule has 0 amide bonds. The third-order valence-corrected chi connectivity index (χ3v) is 5.00. The molecular weight excluding hydrogens is 236 g/mol. The Morgan fingerprint density at radius 1 is 1.35 bits per heavy atom. The van der Waals surface area contributed by atoms with E-state index in [4.69, 9.17) is 5.11 Å². The highest BCUT2D eigenvalue weighted by atomic mass is 32.2. The summed E-state index contributed by atoms with van der Waals surface area (Å²) >= 11 is 0. The van der Waals surface area contributed by atoms with Crippen LogP contribution in [-0.2, 0) is 15.6 Å². The van der Waals surface area contributed by atoms with Crippen molar-refractivity contribution in [3.05, 3.63) is 29.3 Å². The molecule has 4 heteroatoms. The number of carbonyl (C=O) groups is 1. The number of rotatable bonds is 4. The van der Waals surface area contributed by atoms with Crippen LogP contribution >= 0.6 is 0 Å². The van der Waals surface area contributed by atoms with E-state index in [-0.39, 0.29) is 5.92 Å². The molecule has 3 nitrogen and oxygen atoms in total. The average Bonchev–Trinajstić information content (AvgIpc) is 3.06. The maximum absolute atomic E-state index is 12.3. The first-order valence-electron chi connectivity index (χ1n) is 5.71. The average molecular weight is 252 g/mol. The molecule has 0 radical (unpaired) electrons. The van der Waals surface area contributed by atoms with Crippen LogP contribution in [0.1, 0.15) is 24.0 Å². The highest BCUT2D eigenvalue weighted by Gasteiger charge is 2.41. The number of benzene rings is 1. The lowest BCUT2D eigenvalue weighted by Crippen LogP contribution is -2.27. The fourth-order valence-electron chi connectivity index (χ4n) is 1.85. The van der Waals surface area contributed by atoms with E-state index in [9.17, 15) is 9.00 Å². The van der Waals surface area contributed by atoms with E-state index in [0.29, 0.717) is 4.90 Å². The maximum atomic E-state index is 12.3. The van der Waals surface area contributed by atoms with E-state index in [1.165, 1.54) is 0 Å². The molecule has 0 spiro atoms. The Kier molecular flexibility index (Phi) is 3.33. The van der Waals surface area contributed by atoms with Gasteiger partial charge >= 0.3 is 5.97 Å². The Bertz CT molecular complexity index is 478. The van der Waals surface area contributed by atoms with Gasteiger partial charge in [-0.2, -0.15) is 0 Å². The van der Waals surface area contributed by atoms with Crippen molar-refractivity contribution in [3.8, 4) is 0 Å². The minimum atomic E-state index is -1.44. The molecule has 2 atom stereocenters. The van der Waals surface area contributed by atoms with Gasteiger partial charge in [0, 0.05) is 4.90 Å². The molecule has 1 aromatic rings. The molecule has 2 rings (SSSR count). The second-order valence-electron chi connectivity index (χ2n) is 4.64. The molecule has 0 aliphatic heterocycles. The molecule has 0 bridgehead atoms. The minimum absolute atomic E-state index is 0.0925. The largest absolute Gasteiger partial charge is 0.480 e. The van der Waals surface area contributed by atoms with Gasteiger partial charge in [0.15, 0.2) is 0 Å². The number of hydrogen-bond donors (Lipinski definition) is 1. The summed E-state index contributed by atoms with van der Waals surface area (Å²) in [7, 11) is -1.44. The molecule has 0 heterocycles. The molecule has 17 heavy (non-hydrogen) atoms. The van der Waals surface area contributed by atoms with Crippen LogP contribution in [-0.4, -0.2) is 20.5 Å². The normalized spacial score (nSPS) is 18.7. The van der Waals surface area contributed by atoms with Crippen molar-refractivity contribution < 1.29 is 14.1 Å². The zero-order valence-corrected chi connectivity index (χ0v) is 10.8. The van der Waals surface area contributed by atoms with E-state index in [0.717, 1.165) is 24.0 Å². The highest BCUT2D eigenvalue weighted by molar-refractivity contribution is 7.86. The Morgan fingerprint density at radius 3 is 2.47 bits per heavy atom. The molecule has 1 aromatic carbocycles. The second-order valence-corrected chi connectivity index (χ2v) is 6.21. The number of carboxylic acid groups (broad SMARTS) is 1. The molecule has 1 N–H and O–H groups in total. The Labute approximate surface area is 103 Å². The third kappa shape index (κ3) is 2.57. The molecule has 0 aromatic heterocycles. The van der Waals surface area contributed by atoms with Crippen LogP contribution in [0.25, 0.3) is 0 Å². The monoisotopic (exact) mass is 252 g/mol. The van der Waals surface area contributed by atoms with E-state index in [1.54, 1.807) is 6.07 Å². The maximum Gasteiger partial charge on any atom is 0.319 e. The van der Waals surface area contributed by atoms with E-state index < -0.39 is 22.0 Å². The van der Waals surface area contributed by atoms with Crippen molar-refractivity contribution in [3.63, 3.8) is 0 Å². The van der Waals surface area contributed by atoms with Gasteiger partial charge in [-0.25, -0.2) is 0 Å². The minimum Gasteiger partial charge on any atom is -0.480 e. The first-order chi connectivity index (χ1) is 8.00. The number of hydrogen-bond acceptors (Lipinski definition) is 2.